The maximum atomic E-state index is 13.1. The fourth-order valence-electron chi connectivity index (χ4n) is 3.51. The highest BCUT2D eigenvalue weighted by Gasteiger charge is 2.32. The summed E-state index contributed by atoms with van der Waals surface area (Å²) in [7, 11) is 0. The maximum Gasteiger partial charge on any atom is 0.412 e. The van der Waals surface area contributed by atoms with Gasteiger partial charge in [-0.3, -0.25) is 15.3 Å². The zero-order chi connectivity index (χ0) is 27.5. The van der Waals surface area contributed by atoms with Crippen LogP contribution in [0, 0.1) is 0 Å². The van der Waals surface area contributed by atoms with Gasteiger partial charge in [0.2, 0.25) is 0 Å². The van der Waals surface area contributed by atoms with Crippen LogP contribution in [0.15, 0.2) is 92.7 Å². The Morgan fingerprint density at radius 2 is 1.79 bits per heavy atom. The fourth-order valence-corrected chi connectivity index (χ4v) is 5.18. The average molecular weight is 666 g/mol. The van der Waals surface area contributed by atoms with Crippen molar-refractivity contribution in [3.63, 3.8) is 0 Å². The van der Waals surface area contributed by atoms with Gasteiger partial charge in [-0.15, -0.1) is 11.8 Å². The molecule has 0 fully saturated rings. The van der Waals surface area contributed by atoms with E-state index in [0.29, 0.717) is 38.8 Å². The number of thioether (sulfide) groups is 1. The quantitative estimate of drug-likeness (QED) is 0.0740. The summed E-state index contributed by atoms with van der Waals surface area (Å²) in [6.07, 6.45) is 2.81. The van der Waals surface area contributed by atoms with Crippen LogP contribution in [0.4, 0.5) is 10.5 Å². The Bertz CT molecular complexity index is 1260. The maximum absolute atomic E-state index is 13.1. The third-order valence-corrected chi connectivity index (χ3v) is 7.11. The lowest BCUT2D eigenvalue weighted by atomic mass is 9.99. The number of amides is 2. The minimum Gasteiger partial charge on any atom is -0.506 e. The van der Waals surface area contributed by atoms with Crippen LogP contribution in [0.3, 0.4) is 0 Å². The Labute approximate surface area is 241 Å². The predicted molar refractivity (Wildman–Crippen MR) is 154 cm³/mol. The fraction of sp³-hybridized carbons (Fsp3) is 0.185. The zero-order valence-corrected chi connectivity index (χ0v) is 24.3. The van der Waals surface area contributed by atoms with E-state index in [1.165, 1.54) is 11.6 Å². The molecule has 0 unspecified atom stereocenters. The zero-order valence-electron chi connectivity index (χ0n) is 20.3. The van der Waals surface area contributed by atoms with Gasteiger partial charge in [-0.2, -0.15) is 0 Å². The Balaban J connectivity index is 1.94. The van der Waals surface area contributed by atoms with E-state index in [1.54, 1.807) is 54.2 Å². The van der Waals surface area contributed by atoms with Gasteiger partial charge < -0.3 is 14.6 Å². The number of allylic oxidation sites excluding steroid dienone is 1. The molecule has 4 N–H and O–H groups in total. The molecule has 200 valence electrons. The summed E-state index contributed by atoms with van der Waals surface area (Å²) >= 11 is 8.36. The van der Waals surface area contributed by atoms with Gasteiger partial charge in [-0.1, -0.05) is 40.2 Å². The normalized spacial score (nSPS) is 12.5. The molecule has 8 nitrogen and oxygen atoms in total. The lowest BCUT2D eigenvalue weighted by Gasteiger charge is -2.29. The van der Waals surface area contributed by atoms with Crippen molar-refractivity contribution in [1.82, 2.24) is 5.48 Å². The van der Waals surface area contributed by atoms with Crippen molar-refractivity contribution >= 4 is 61.3 Å². The van der Waals surface area contributed by atoms with Gasteiger partial charge >= 0.3 is 6.09 Å². The van der Waals surface area contributed by atoms with Crippen molar-refractivity contribution in [3.8, 4) is 11.5 Å². The highest BCUT2D eigenvalue weighted by atomic mass is 79.9. The molecule has 2 atom stereocenters. The molecular weight excluding hydrogens is 640 g/mol. The van der Waals surface area contributed by atoms with Crippen molar-refractivity contribution in [2.45, 2.75) is 29.9 Å². The number of hydrogen-bond acceptors (Lipinski definition) is 7. The van der Waals surface area contributed by atoms with E-state index < -0.39 is 24.2 Å². The van der Waals surface area contributed by atoms with E-state index in [9.17, 15) is 14.7 Å². The number of para-hydroxylation sites is 1. The van der Waals surface area contributed by atoms with Crippen LogP contribution in [-0.2, 0) is 9.53 Å². The molecule has 0 radical (unpaired) electrons. The number of anilines is 1. The second-order valence-electron chi connectivity index (χ2n) is 7.93. The Hall–Kier alpha value is -2.99. The minimum atomic E-state index is -1.05. The van der Waals surface area contributed by atoms with Crippen molar-refractivity contribution in [2.24, 2.45) is 0 Å². The number of aromatic hydroxyl groups is 1. The van der Waals surface area contributed by atoms with Crippen LogP contribution < -0.4 is 15.5 Å². The lowest BCUT2D eigenvalue weighted by molar-refractivity contribution is -0.124. The van der Waals surface area contributed by atoms with Crippen LogP contribution in [0.1, 0.15) is 24.5 Å². The molecule has 0 bridgehead atoms. The number of hydrogen-bond donors (Lipinski definition) is 4. The van der Waals surface area contributed by atoms with Gasteiger partial charge in [-0.25, -0.2) is 10.3 Å². The second-order valence-corrected chi connectivity index (χ2v) is 10.6. The number of phenolic OH excluding ortho intramolecular Hbond substituents is 1. The number of carbonyl (C=O) groups excluding carboxylic acids is 2. The van der Waals surface area contributed by atoms with Crippen LogP contribution >= 0.6 is 43.6 Å². The highest BCUT2D eigenvalue weighted by Crippen LogP contribution is 2.40. The number of rotatable bonds is 11. The van der Waals surface area contributed by atoms with E-state index in [-0.39, 0.29) is 5.75 Å². The number of halogens is 2. The molecule has 0 aliphatic heterocycles. The van der Waals surface area contributed by atoms with Gasteiger partial charge in [0.25, 0.3) is 5.91 Å². The lowest BCUT2D eigenvalue weighted by Crippen LogP contribution is -2.31. The molecule has 0 saturated carbocycles. The topological polar surface area (TPSA) is 117 Å². The Morgan fingerprint density at radius 3 is 2.45 bits per heavy atom. The second kappa shape index (κ2) is 14.8. The Kier molecular flexibility index (Phi) is 11.5. The SMILES string of the molecule is CSc1ccc(NC(=O)O[C@@H](c2cc(Br)cc(Br)c2O)[C@H](CC/C=C/C(=O)NO)Oc2ccccc2)cc1. The molecule has 0 spiro atoms. The molecule has 38 heavy (non-hydrogen) atoms. The summed E-state index contributed by atoms with van der Waals surface area (Å²) in [6.45, 7) is 0. The first kappa shape index (κ1) is 29.6. The summed E-state index contributed by atoms with van der Waals surface area (Å²) in [5.41, 5.74) is 2.40. The van der Waals surface area contributed by atoms with Gasteiger partial charge in [0, 0.05) is 26.7 Å². The van der Waals surface area contributed by atoms with Gasteiger partial charge in [0.15, 0.2) is 6.10 Å². The van der Waals surface area contributed by atoms with Crippen LogP contribution in [0.25, 0.3) is 0 Å². The predicted octanol–water partition coefficient (Wildman–Crippen LogP) is 7.22. The summed E-state index contributed by atoms with van der Waals surface area (Å²) in [5, 5.41) is 22.4. The molecule has 0 aliphatic carbocycles. The van der Waals surface area contributed by atoms with E-state index in [1.807, 2.05) is 36.6 Å². The summed E-state index contributed by atoms with van der Waals surface area (Å²) in [6, 6.07) is 19.6. The summed E-state index contributed by atoms with van der Waals surface area (Å²) < 4.78 is 13.2. The molecule has 2 amide bonds. The largest absolute Gasteiger partial charge is 0.506 e. The van der Waals surface area contributed by atoms with Crippen molar-refractivity contribution < 1.29 is 29.4 Å². The Morgan fingerprint density at radius 1 is 1.08 bits per heavy atom. The molecule has 11 heteroatoms. The molecule has 0 heterocycles. The number of hydroxylamine groups is 1. The smallest absolute Gasteiger partial charge is 0.412 e. The average Bonchev–Trinajstić information content (AvgIpc) is 2.92. The molecule has 0 aromatic heterocycles. The van der Waals surface area contributed by atoms with Crippen LogP contribution in [-0.4, -0.2) is 34.7 Å². The number of carbonyl (C=O) groups is 2. The molecule has 0 saturated heterocycles. The number of benzene rings is 3. The van der Waals surface area contributed by atoms with Crippen molar-refractivity contribution in [3.05, 3.63) is 93.4 Å². The van der Waals surface area contributed by atoms with E-state index in [2.05, 4.69) is 37.2 Å². The standard InChI is InChI=1S/C27H26Br2N2O6S/c1-38-20-13-11-18(12-14-20)30-27(34)37-26(21-15-17(28)16-22(29)25(21)33)23(9-5-6-10-24(32)31-35)36-19-7-3-2-4-8-19/h2-4,6-8,10-16,23,26,33,35H,5,9H2,1H3,(H,30,34)(H,31,32)/b10-6+/t23-,26-/m0/s1. The first-order chi connectivity index (χ1) is 18.3. The third kappa shape index (κ3) is 8.80. The number of nitrogens with one attached hydrogen (secondary N) is 2. The van der Waals surface area contributed by atoms with Crippen molar-refractivity contribution in [2.75, 3.05) is 11.6 Å². The first-order valence-electron chi connectivity index (χ1n) is 11.4. The van der Waals surface area contributed by atoms with Gasteiger partial charge in [0.1, 0.15) is 17.6 Å². The van der Waals surface area contributed by atoms with Crippen LogP contribution in [0.2, 0.25) is 0 Å². The van der Waals surface area contributed by atoms with E-state index in [4.69, 9.17) is 14.7 Å². The molecular formula is C27H26Br2N2O6S. The minimum absolute atomic E-state index is 0.104. The highest BCUT2D eigenvalue weighted by molar-refractivity contribution is 9.11. The number of ether oxygens (including phenoxy) is 2. The summed E-state index contributed by atoms with van der Waals surface area (Å²) in [5.74, 6) is -0.240. The van der Waals surface area contributed by atoms with Crippen molar-refractivity contribution in [1.29, 1.82) is 0 Å². The van der Waals surface area contributed by atoms with E-state index in [0.717, 1.165) is 4.90 Å². The summed E-state index contributed by atoms with van der Waals surface area (Å²) in [4.78, 5) is 25.5. The van der Waals surface area contributed by atoms with E-state index >= 15 is 0 Å². The molecule has 3 aromatic rings. The monoisotopic (exact) mass is 664 g/mol. The van der Waals surface area contributed by atoms with Gasteiger partial charge in [-0.05, 0) is 83.6 Å². The van der Waals surface area contributed by atoms with Gasteiger partial charge in [0.05, 0.1) is 4.47 Å². The third-order valence-electron chi connectivity index (χ3n) is 5.30. The molecule has 3 aromatic carbocycles. The molecule has 0 aliphatic rings. The van der Waals surface area contributed by atoms with Crippen LogP contribution in [0.5, 0.6) is 11.5 Å². The number of phenols is 1. The molecule has 3 rings (SSSR count). The first-order valence-corrected chi connectivity index (χ1v) is 14.2.